The Hall–Kier alpha value is -0.470. The standard InChI is InChI=1S/C14H27BrN4O2/c1-5-10-13(15)12(19(6-2)18-10)9-11(17-16)14(20-7-3)21-8-4/h11,14,17H,5-9,16H2,1-4H3. The van der Waals surface area contributed by atoms with Crippen LogP contribution in [-0.4, -0.2) is 35.3 Å². The summed E-state index contributed by atoms with van der Waals surface area (Å²) in [5, 5.41) is 4.60. The second-order valence-electron chi connectivity index (χ2n) is 4.63. The third kappa shape index (κ3) is 4.75. The van der Waals surface area contributed by atoms with Crippen LogP contribution in [0.15, 0.2) is 4.47 Å². The van der Waals surface area contributed by atoms with Crippen LogP contribution in [0.2, 0.25) is 0 Å². The van der Waals surface area contributed by atoms with Crippen LogP contribution >= 0.6 is 15.9 Å². The topological polar surface area (TPSA) is 74.3 Å². The van der Waals surface area contributed by atoms with Crippen LogP contribution in [-0.2, 0) is 28.9 Å². The lowest BCUT2D eigenvalue weighted by atomic mass is 10.1. The molecule has 0 saturated carbocycles. The second kappa shape index (κ2) is 9.53. The Bertz CT molecular complexity index is 419. The molecule has 7 heteroatoms. The third-order valence-electron chi connectivity index (χ3n) is 3.31. The fourth-order valence-corrected chi connectivity index (χ4v) is 2.99. The molecule has 0 fully saturated rings. The molecule has 3 N–H and O–H groups in total. The molecule has 0 bridgehead atoms. The van der Waals surface area contributed by atoms with E-state index in [9.17, 15) is 0 Å². The smallest absolute Gasteiger partial charge is 0.174 e. The number of nitrogens with one attached hydrogen (secondary N) is 1. The maximum absolute atomic E-state index is 5.71. The third-order valence-corrected chi connectivity index (χ3v) is 4.23. The Kier molecular flexibility index (Phi) is 8.43. The predicted octanol–water partition coefficient (Wildman–Crippen LogP) is 2.00. The fraction of sp³-hybridized carbons (Fsp3) is 0.786. The van der Waals surface area contributed by atoms with Crippen molar-refractivity contribution in [3.63, 3.8) is 0 Å². The highest BCUT2D eigenvalue weighted by atomic mass is 79.9. The van der Waals surface area contributed by atoms with E-state index >= 15 is 0 Å². The van der Waals surface area contributed by atoms with Crippen LogP contribution in [0.3, 0.4) is 0 Å². The quantitative estimate of drug-likeness (QED) is 0.378. The highest BCUT2D eigenvalue weighted by molar-refractivity contribution is 9.10. The Morgan fingerprint density at radius 2 is 1.86 bits per heavy atom. The second-order valence-corrected chi connectivity index (χ2v) is 5.43. The van der Waals surface area contributed by atoms with Gasteiger partial charge in [-0.25, -0.2) is 0 Å². The van der Waals surface area contributed by atoms with Gasteiger partial charge in [0.25, 0.3) is 0 Å². The number of hydrogen-bond donors (Lipinski definition) is 2. The molecule has 1 aromatic heterocycles. The summed E-state index contributed by atoms with van der Waals surface area (Å²) >= 11 is 3.65. The molecule has 6 nitrogen and oxygen atoms in total. The predicted molar refractivity (Wildman–Crippen MR) is 86.8 cm³/mol. The number of hydrazine groups is 1. The van der Waals surface area contributed by atoms with Gasteiger partial charge in [0.1, 0.15) is 0 Å². The van der Waals surface area contributed by atoms with Crippen molar-refractivity contribution in [2.75, 3.05) is 13.2 Å². The molecule has 1 aromatic rings. The number of hydrogen-bond acceptors (Lipinski definition) is 5. The molecule has 122 valence electrons. The van der Waals surface area contributed by atoms with Crippen molar-refractivity contribution in [2.45, 2.75) is 59.4 Å². The molecule has 21 heavy (non-hydrogen) atoms. The van der Waals surface area contributed by atoms with E-state index in [2.05, 4.69) is 40.3 Å². The van der Waals surface area contributed by atoms with Gasteiger partial charge < -0.3 is 9.47 Å². The summed E-state index contributed by atoms with van der Waals surface area (Å²) in [6.07, 6.45) is 1.20. The monoisotopic (exact) mass is 362 g/mol. The Morgan fingerprint density at radius 3 is 2.29 bits per heavy atom. The number of rotatable bonds is 10. The summed E-state index contributed by atoms with van der Waals surface area (Å²) in [7, 11) is 0. The van der Waals surface area contributed by atoms with Gasteiger partial charge in [-0.15, -0.1) is 0 Å². The maximum atomic E-state index is 5.71. The van der Waals surface area contributed by atoms with Crippen LogP contribution in [0.1, 0.15) is 39.1 Å². The van der Waals surface area contributed by atoms with Gasteiger partial charge in [0.2, 0.25) is 0 Å². The van der Waals surface area contributed by atoms with Crippen molar-refractivity contribution in [3.8, 4) is 0 Å². The summed E-state index contributed by atoms with van der Waals surface area (Å²) < 4.78 is 14.3. The van der Waals surface area contributed by atoms with Crippen molar-refractivity contribution >= 4 is 15.9 Å². The first-order valence-corrected chi connectivity index (χ1v) is 8.35. The summed E-state index contributed by atoms with van der Waals surface area (Å²) in [4.78, 5) is 0. The van der Waals surface area contributed by atoms with Gasteiger partial charge in [-0.1, -0.05) is 6.92 Å². The van der Waals surface area contributed by atoms with Crippen molar-refractivity contribution in [3.05, 3.63) is 15.9 Å². The molecule has 1 atom stereocenters. The molecule has 1 heterocycles. The first-order valence-electron chi connectivity index (χ1n) is 7.56. The van der Waals surface area contributed by atoms with E-state index in [1.54, 1.807) is 0 Å². The first-order chi connectivity index (χ1) is 10.1. The van der Waals surface area contributed by atoms with Gasteiger partial charge in [-0.3, -0.25) is 16.0 Å². The van der Waals surface area contributed by atoms with E-state index in [0.29, 0.717) is 19.6 Å². The number of halogens is 1. The first kappa shape index (κ1) is 18.6. The van der Waals surface area contributed by atoms with E-state index in [-0.39, 0.29) is 12.3 Å². The molecule has 0 saturated heterocycles. The van der Waals surface area contributed by atoms with Gasteiger partial charge in [0, 0.05) is 26.2 Å². The van der Waals surface area contributed by atoms with Crippen molar-refractivity contribution in [2.24, 2.45) is 5.84 Å². The van der Waals surface area contributed by atoms with E-state index in [0.717, 1.165) is 28.8 Å². The van der Waals surface area contributed by atoms with E-state index in [4.69, 9.17) is 15.3 Å². The van der Waals surface area contributed by atoms with Crippen molar-refractivity contribution in [1.29, 1.82) is 0 Å². The zero-order valence-corrected chi connectivity index (χ0v) is 14.9. The summed E-state index contributed by atoms with van der Waals surface area (Å²) in [5.41, 5.74) is 4.99. The number of aryl methyl sites for hydroxylation is 2. The molecule has 0 aliphatic heterocycles. The molecule has 0 amide bonds. The van der Waals surface area contributed by atoms with Gasteiger partial charge >= 0.3 is 0 Å². The van der Waals surface area contributed by atoms with Crippen LogP contribution < -0.4 is 11.3 Å². The van der Waals surface area contributed by atoms with Gasteiger partial charge in [-0.05, 0) is 43.1 Å². The van der Waals surface area contributed by atoms with E-state index in [1.807, 2.05) is 18.5 Å². The molecular weight excluding hydrogens is 336 g/mol. The molecule has 0 aliphatic carbocycles. The van der Waals surface area contributed by atoms with E-state index < -0.39 is 0 Å². The maximum Gasteiger partial charge on any atom is 0.174 e. The van der Waals surface area contributed by atoms with Crippen LogP contribution in [0.4, 0.5) is 0 Å². The number of aromatic nitrogens is 2. The molecule has 0 spiro atoms. The minimum Gasteiger partial charge on any atom is -0.351 e. The average Bonchev–Trinajstić information content (AvgIpc) is 2.80. The molecule has 0 aromatic carbocycles. The largest absolute Gasteiger partial charge is 0.351 e. The van der Waals surface area contributed by atoms with E-state index in [1.165, 1.54) is 0 Å². The van der Waals surface area contributed by atoms with Crippen LogP contribution in [0.25, 0.3) is 0 Å². The number of nitrogens with two attached hydrogens (primary N) is 1. The summed E-state index contributed by atoms with van der Waals surface area (Å²) in [6, 6.07) is -0.132. The van der Waals surface area contributed by atoms with Crippen LogP contribution in [0, 0.1) is 0 Å². The lowest BCUT2D eigenvalue weighted by molar-refractivity contribution is -0.154. The minimum atomic E-state index is -0.373. The normalized spacial score (nSPS) is 13.1. The summed E-state index contributed by atoms with van der Waals surface area (Å²) in [6.45, 7) is 10.0. The lowest BCUT2D eigenvalue weighted by Gasteiger charge is -2.26. The molecule has 1 rings (SSSR count). The Morgan fingerprint density at radius 1 is 1.24 bits per heavy atom. The van der Waals surface area contributed by atoms with Crippen molar-refractivity contribution in [1.82, 2.24) is 15.2 Å². The number of ether oxygens (including phenoxy) is 2. The molecule has 0 radical (unpaired) electrons. The average molecular weight is 363 g/mol. The highest BCUT2D eigenvalue weighted by Crippen LogP contribution is 2.24. The molecule has 1 unspecified atom stereocenters. The lowest BCUT2D eigenvalue weighted by Crippen LogP contribution is -2.48. The van der Waals surface area contributed by atoms with Gasteiger partial charge in [-0.2, -0.15) is 5.10 Å². The van der Waals surface area contributed by atoms with Gasteiger partial charge in [0.15, 0.2) is 6.29 Å². The SMILES string of the molecule is CCOC(OCC)C(Cc1c(Br)c(CC)nn1CC)NN. The Balaban J connectivity index is 2.96. The molecular formula is C14H27BrN4O2. The zero-order valence-electron chi connectivity index (χ0n) is 13.4. The zero-order chi connectivity index (χ0) is 15.8. The number of nitrogens with zero attached hydrogens (tertiary/aromatic N) is 2. The highest BCUT2D eigenvalue weighted by Gasteiger charge is 2.25. The fourth-order valence-electron chi connectivity index (χ4n) is 2.26. The summed E-state index contributed by atoms with van der Waals surface area (Å²) in [5.74, 6) is 5.71. The van der Waals surface area contributed by atoms with Gasteiger partial charge in [0.05, 0.1) is 21.9 Å². The van der Waals surface area contributed by atoms with Crippen LogP contribution in [0.5, 0.6) is 0 Å². The van der Waals surface area contributed by atoms with Crippen molar-refractivity contribution < 1.29 is 9.47 Å². The molecule has 0 aliphatic rings. The Labute approximate surface area is 135 Å². The minimum absolute atomic E-state index is 0.132.